The van der Waals surface area contributed by atoms with E-state index >= 15 is 0 Å². The monoisotopic (exact) mass is 294 g/mol. The lowest BCUT2D eigenvalue weighted by molar-refractivity contribution is -0.115. The Hall–Kier alpha value is -1.92. The zero-order valence-corrected chi connectivity index (χ0v) is 13.2. The predicted molar refractivity (Wildman–Crippen MR) is 84.3 cm³/mol. The van der Waals surface area contributed by atoms with Crippen molar-refractivity contribution in [2.45, 2.75) is 39.8 Å². The number of fused-ring (bicyclic) bond motifs is 1. The molecule has 2 amide bonds. The third kappa shape index (κ3) is 5.53. The van der Waals surface area contributed by atoms with E-state index in [2.05, 4.69) is 38.0 Å². The molecule has 1 aromatic carbocycles. The van der Waals surface area contributed by atoms with Crippen LogP contribution in [0.3, 0.4) is 0 Å². The van der Waals surface area contributed by atoms with Crippen molar-refractivity contribution in [3.05, 3.63) is 35.4 Å². The van der Waals surface area contributed by atoms with Crippen LogP contribution in [0.2, 0.25) is 0 Å². The van der Waals surface area contributed by atoms with Crippen LogP contribution in [0.1, 0.15) is 49.7 Å². The van der Waals surface area contributed by atoms with Crippen molar-refractivity contribution in [3.63, 3.8) is 0 Å². The molecule has 0 spiro atoms. The molecule has 2 rings (SSSR count). The number of amides is 2. The summed E-state index contributed by atoms with van der Waals surface area (Å²) in [5.74, 6) is -0.164. The molecule has 0 aliphatic carbocycles. The van der Waals surface area contributed by atoms with Crippen molar-refractivity contribution in [3.8, 4) is 0 Å². The Morgan fingerprint density at radius 3 is 2.10 bits per heavy atom. The van der Waals surface area contributed by atoms with Crippen molar-refractivity contribution in [2.24, 2.45) is 17.2 Å². The van der Waals surface area contributed by atoms with Gasteiger partial charge in [0.15, 0.2) is 0 Å². The number of hydrogen-bond donors (Lipinski definition) is 3. The van der Waals surface area contributed by atoms with E-state index in [4.69, 9.17) is 0 Å². The first-order valence-electron chi connectivity index (χ1n) is 6.85. The van der Waals surface area contributed by atoms with Gasteiger partial charge >= 0.3 is 0 Å². The molecule has 6 N–H and O–H groups in total. The lowest BCUT2D eigenvalue weighted by atomic mass is 10.1. The number of nitrogens with zero attached hydrogens (tertiary/aromatic N) is 1. The molecule has 1 aliphatic rings. The highest BCUT2D eigenvalue weighted by atomic mass is 16.2. The van der Waals surface area contributed by atoms with Crippen LogP contribution in [0.4, 0.5) is 0 Å². The first kappa shape index (κ1) is 19.1. The fourth-order valence-corrected chi connectivity index (χ4v) is 2.20. The van der Waals surface area contributed by atoms with Gasteiger partial charge in [-0.15, -0.1) is 0 Å². The van der Waals surface area contributed by atoms with Gasteiger partial charge in [0.2, 0.25) is 5.91 Å². The van der Waals surface area contributed by atoms with Crippen LogP contribution in [-0.2, 0) is 4.79 Å². The van der Waals surface area contributed by atoms with E-state index in [9.17, 15) is 9.59 Å². The van der Waals surface area contributed by atoms with Crippen molar-refractivity contribution in [1.29, 1.82) is 0 Å². The smallest absolute Gasteiger partial charge is 0.254 e. The molecule has 1 atom stereocenters. The molecular formula is C15H26N4O2. The summed E-state index contributed by atoms with van der Waals surface area (Å²) in [6, 6.07) is 8.36. The van der Waals surface area contributed by atoms with Crippen LogP contribution < -0.4 is 17.2 Å². The van der Waals surface area contributed by atoms with Gasteiger partial charge in [0.25, 0.3) is 5.91 Å². The Balaban J connectivity index is 0.000000486. The summed E-state index contributed by atoms with van der Waals surface area (Å²) in [4.78, 5) is 23.1. The number of carbonyl (C=O) groups excluding carboxylic acids is 2. The molecule has 1 heterocycles. The van der Waals surface area contributed by atoms with E-state index in [1.165, 1.54) is 6.92 Å². The quantitative estimate of drug-likeness (QED) is 0.669. The summed E-state index contributed by atoms with van der Waals surface area (Å²) in [5.41, 5.74) is 15.7. The van der Waals surface area contributed by atoms with Crippen LogP contribution in [0.15, 0.2) is 24.3 Å². The number of rotatable bonds is 1. The Bertz CT molecular complexity index is 470. The number of nitrogens with two attached hydrogens (primary N) is 3. The van der Waals surface area contributed by atoms with E-state index in [-0.39, 0.29) is 30.6 Å². The fourth-order valence-electron chi connectivity index (χ4n) is 2.20. The van der Waals surface area contributed by atoms with E-state index < -0.39 is 0 Å². The summed E-state index contributed by atoms with van der Waals surface area (Å²) in [7, 11) is 0. The highest BCUT2D eigenvalue weighted by molar-refractivity contribution is 5.99. The number of primary amides is 1. The minimum absolute atomic E-state index is 0.170. The van der Waals surface area contributed by atoms with Crippen LogP contribution >= 0.6 is 0 Å². The molecule has 0 radical (unpaired) electrons. The zero-order chi connectivity index (χ0) is 16.6. The summed E-state index contributed by atoms with van der Waals surface area (Å²) >= 11 is 0. The van der Waals surface area contributed by atoms with Crippen LogP contribution in [0.25, 0.3) is 0 Å². The summed E-state index contributed by atoms with van der Waals surface area (Å²) in [5, 5.41) is 0. The second-order valence-electron chi connectivity index (χ2n) is 4.92. The van der Waals surface area contributed by atoms with Gasteiger partial charge in [0.1, 0.15) is 0 Å². The third-order valence-corrected chi connectivity index (χ3v) is 2.85. The number of benzene rings is 1. The molecule has 1 aliphatic heterocycles. The average Bonchev–Trinajstić information content (AvgIpc) is 2.63. The lowest BCUT2D eigenvalue weighted by Gasteiger charge is -2.26. The number of hydrogen-bond acceptors (Lipinski definition) is 4. The molecule has 1 aromatic rings. The van der Waals surface area contributed by atoms with E-state index in [0.29, 0.717) is 0 Å². The standard InChI is InChI=1S/C12H15NO.C2H5NO.CH6N2/c1-8(2)13-9(3)10-6-4-5-7-11(10)12(13)14;1-2(3)4;2-1-3/h4-9H,1-3H3;1H3,(H2,3,4);1-3H2. The predicted octanol–water partition coefficient (Wildman–Crippen LogP) is 0.965. The van der Waals surface area contributed by atoms with Crippen molar-refractivity contribution >= 4 is 11.8 Å². The third-order valence-electron chi connectivity index (χ3n) is 2.85. The summed E-state index contributed by atoms with van der Waals surface area (Å²) in [6.45, 7) is 7.75. The second kappa shape index (κ2) is 9.10. The van der Waals surface area contributed by atoms with Gasteiger partial charge < -0.3 is 22.1 Å². The molecule has 0 aromatic heterocycles. The second-order valence-corrected chi connectivity index (χ2v) is 4.92. The largest absolute Gasteiger partial charge is 0.370 e. The topological polar surface area (TPSA) is 115 Å². The summed E-state index contributed by atoms with van der Waals surface area (Å²) < 4.78 is 0. The van der Waals surface area contributed by atoms with Gasteiger partial charge in [-0.25, -0.2) is 0 Å². The molecule has 118 valence electrons. The molecule has 0 bridgehead atoms. The van der Waals surface area contributed by atoms with Gasteiger partial charge in [-0.2, -0.15) is 0 Å². The maximum absolute atomic E-state index is 12.0. The van der Waals surface area contributed by atoms with Gasteiger partial charge in [-0.3, -0.25) is 9.59 Å². The molecule has 6 heteroatoms. The first-order chi connectivity index (χ1) is 9.77. The maximum atomic E-state index is 12.0. The van der Waals surface area contributed by atoms with E-state index in [1.54, 1.807) is 0 Å². The first-order valence-corrected chi connectivity index (χ1v) is 6.85. The summed E-state index contributed by atoms with van der Waals surface area (Å²) in [6.07, 6.45) is 0. The highest BCUT2D eigenvalue weighted by Crippen LogP contribution is 2.34. The Labute approximate surface area is 126 Å². The molecular weight excluding hydrogens is 268 g/mol. The van der Waals surface area contributed by atoms with Crippen LogP contribution in [0, 0.1) is 0 Å². The zero-order valence-electron chi connectivity index (χ0n) is 13.2. The van der Waals surface area contributed by atoms with Crippen molar-refractivity contribution < 1.29 is 9.59 Å². The van der Waals surface area contributed by atoms with Crippen molar-refractivity contribution in [1.82, 2.24) is 4.90 Å². The number of carbonyl (C=O) groups is 2. The molecule has 6 nitrogen and oxygen atoms in total. The van der Waals surface area contributed by atoms with Crippen LogP contribution in [-0.4, -0.2) is 29.4 Å². The average molecular weight is 294 g/mol. The molecule has 0 fully saturated rings. The van der Waals surface area contributed by atoms with Crippen molar-refractivity contribution in [2.75, 3.05) is 6.67 Å². The van der Waals surface area contributed by atoms with E-state index in [1.807, 2.05) is 29.2 Å². The van der Waals surface area contributed by atoms with Crippen LogP contribution in [0.5, 0.6) is 0 Å². The minimum Gasteiger partial charge on any atom is -0.370 e. The molecule has 0 saturated heterocycles. The minimum atomic E-state index is -0.333. The molecule has 21 heavy (non-hydrogen) atoms. The van der Waals surface area contributed by atoms with Gasteiger partial charge in [-0.05, 0) is 32.4 Å². The molecule has 0 saturated carbocycles. The Morgan fingerprint density at radius 1 is 1.29 bits per heavy atom. The fraction of sp³-hybridized carbons (Fsp3) is 0.467. The normalized spacial score (nSPS) is 15.7. The highest BCUT2D eigenvalue weighted by Gasteiger charge is 2.34. The lowest BCUT2D eigenvalue weighted by Crippen LogP contribution is -2.33. The molecule has 1 unspecified atom stereocenters. The van der Waals surface area contributed by atoms with Gasteiger partial charge in [-0.1, -0.05) is 18.2 Å². The Morgan fingerprint density at radius 2 is 1.71 bits per heavy atom. The van der Waals surface area contributed by atoms with E-state index in [0.717, 1.165) is 11.1 Å². The SMILES string of the molecule is CC(C)N1C(=O)c2ccccc2C1C.CC(N)=O.NCN. The van der Waals surface area contributed by atoms with Gasteiger partial charge in [0.05, 0.1) is 6.04 Å². The van der Waals surface area contributed by atoms with Gasteiger partial charge in [0, 0.05) is 25.2 Å². The Kier molecular flexibility index (Phi) is 8.26. The maximum Gasteiger partial charge on any atom is 0.254 e.